The predicted octanol–water partition coefficient (Wildman–Crippen LogP) is 10.2. The standard InChI is InChI=1S/2C22H24Cl3NO4/c2*1-2-18(15-30-14-17-11-7-4-8-12-17)19(20(27)28)26(21(29)22(23,24)25)13-16-9-5-3-6-10-16/h2*3-12,18-19H,2,13-15H2,1H3,(H,27,28)/t2*18-,19+/m00/s1. The molecule has 4 rings (SSSR count). The Morgan fingerprint density at radius 3 is 1.00 bits per heavy atom. The molecule has 60 heavy (non-hydrogen) atoms. The summed E-state index contributed by atoms with van der Waals surface area (Å²) < 4.78 is 6.99. The van der Waals surface area contributed by atoms with Gasteiger partial charge in [-0.2, -0.15) is 0 Å². The number of carboxylic acid groups (broad SMARTS) is 2. The maximum Gasteiger partial charge on any atom is 0.326 e. The number of amides is 2. The van der Waals surface area contributed by atoms with Gasteiger partial charge < -0.3 is 29.5 Å². The number of carbonyl (C=O) groups excluding carboxylic acids is 2. The van der Waals surface area contributed by atoms with E-state index in [9.17, 15) is 29.4 Å². The highest BCUT2D eigenvalue weighted by Crippen LogP contribution is 2.34. The Labute approximate surface area is 381 Å². The summed E-state index contributed by atoms with van der Waals surface area (Å²) in [4.78, 5) is 52.4. The Hall–Kier alpha value is -3.58. The lowest BCUT2D eigenvalue weighted by molar-refractivity contribution is -0.154. The van der Waals surface area contributed by atoms with Crippen molar-refractivity contribution in [3.8, 4) is 0 Å². The van der Waals surface area contributed by atoms with E-state index in [4.69, 9.17) is 79.1 Å². The van der Waals surface area contributed by atoms with E-state index in [-0.39, 0.29) is 26.3 Å². The normalized spacial score (nSPS) is 13.5. The zero-order chi connectivity index (χ0) is 44.3. The Morgan fingerprint density at radius 1 is 0.500 bits per heavy atom. The van der Waals surface area contributed by atoms with Crippen LogP contribution in [0, 0.1) is 11.8 Å². The van der Waals surface area contributed by atoms with Crippen LogP contribution in [0.15, 0.2) is 121 Å². The SMILES string of the molecule is CC[C@@H](COCc1ccccc1)[C@H](C(=O)O)N(Cc1ccccc1)C(=O)C(Cl)(Cl)Cl.CC[C@@H](COCc1ccccc1)[C@H](C(=O)O)N(Cc1ccccc1)C(=O)C(Cl)(Cl)Cl. The molecule has 4 aromatic carbocycles. The highest BCUT2D eigenvalue weighted by molar-refractivity contribution is 6.76. The average Bonchev–Trinajstić information content (AvgIpc) is 3.22. The number of rotatable bonds is 20. The first-order valence-electron chi connectivity index (χ1n) is 19.0. The molecule has 0 bridgehead atoms. The van der Waals surface area contributed by atoms with E-state index in [1.54, 1.807) is 48.5 Å². The molecule has 0 unspecified atom stereocenters. The first kappa shape index (κ1) is 50.8. The van der Waals surface area contributed by atoms with Gasteiger partial charge in [-0.25, -0.2) is 9.59 Å². The van der Waals surface area contributed by atoms with E-state index in [0.29, 0.717) is 26.1 Å². The molecule has 0 aromatic heterocycles. The van der Waals surface area contributed by atoms with Gasteiger partial charge in [0.05, 0.1) is 26.4 Å². The molecule has 4 aromatic rings. The quantitative estimate of drug-likeness (QED) is 0.0837. The van der Waals surface area contributed by atoms with Crippen molar-refractivity contribution < 1.29 is 38.9 Å². The smallest absolute Gasteiger partial charge is 0.326 e. The minimum atomic E-state index is -2.27. The third kappa shape index (κ3) is 16.7. The second-order valence-corrected chi connectivity index (χ2v) is 18.3. The van der Waals surface area contributed by atoms with Crippen LogP contribution in [0.25, 0.3) is 0 Å². The molecule has 324 valence electrons. The lowest BCUT2D eigenvalue weighted by Gasteiger charge is -2.35. The molecule has 16 heteroatoms. The predicted molar refractivity (Wildman–Crippen MR) is 237 cm³/mol. The van der Waals surface area contributed by atoms with Crippen LogP contribution in [0.5, 0.6) is 0 Å². The van der Waals surface area contributed by atoms with Crippen LogP contribution < -0.4 is 0 Å². The molecule has 0 aliphatic rings. The summed E-state index contributed by atoms with van der Waals surface area (Å²) in [6.45, 7) is 4.63. The van der Waals surface area contributed by atoms with Crippen LogP contribution in [0.3, 0.4) is 0 Å². The van der Waals surface area contributed by atoms with E-state index in [1.807, 2.05) is 86.6 Å². The Bertz CT molecular complexity index is 1760. The fourth-order valence-corrected chi connectivity index (χ4v) is 6.98. The van der Waals surface area contributed by atoms with Crippen molar-refractivity contribution in [1.29, 1.82) is 0 Å². The van der Waals surface area contributed by atoms with Gasteiger partial charge in [0.15, 0.2) is 0 Å². The van der Waals surface area contributed by atoms with E-state index in [1.165, 1.54) is 0 Å². The van der Waals surface area contributed by atoms with Crippen molar-refractivity contribution in [2.24, 2.45) is 11.8 Å². The third-order valence-electron chi connectivity index (χ3n) is 9.40. The number of hydrogen-bond donors (Lipinski definition) is 2. The Morgan fingerprint density at radius 2 is 0.767 bits per heavy atom. The maximum absolute atomic E-state index is 12.9. The van der Waals surface area contributed by atoms with Gasteiger partial charge in [0.1, 0.15) is 12.1 Å². The number of aliphatic carboxylic acids is 2. The molecule has 0 saturated heterocycles. The molecule has 0 fully saturated rings. The van der Waals surface area contributed by atoms with Gasteiger partial charge in [0, 0.05) is 24.9 Å². The molecule has 0 spiro atoms. The van der Waals surface area contributed by atoms with Crippen LogP contribution in [0.1, 0.15) is 48.9 Å². The summed E-state index contributed by atoms with van der Waals surface area (Å²) in [7, 11) is 0. The van der Waals surface area contributed by atoms with E-state index >= 15 is 0 Å². The fraction of sp³-hybridized carbons (Fsp3) is 0.364. The molecule has 0 saturated carbocycles. The molecule has 0 radical (unpaired) electrons. The van der Waals surface area contributed by atoms with Crippen molar-refractivity contribution in [2.75, 3.05) is 13.2 Å². The minimum Gasteiger partial charge on any atom is -0.480 e. The van der Waals surface area contributed by atoms with Crippen molar-refractivity contribution in [1.82, 2.24) is 9.80 Å². The molecule has 2 amide bonds. The number of alkyl halides is 6. The van der Waals surface area contributed by atoms with Gasteiger partial charge in [0.2, 0.25) is 0 Å². The maximum atomic E-state index is 12.9. The van der Waals surface area contributed by atoms with Crippen molar-refractivity contribution in [3.63, 3.8) is 0 Å². The minimum absolute atomic E-state index is 0.000263. The molecule has 2 N–H and O–H groups in total. The molecular weight excluding hydrogens is 897 g/mol. The lowest BCUT2D eigenvalue weighted by Crippen LogP contribution is -2.53. The summed E-state index contributed by atoms with van der Waals surface area (Å²) in [5, 5.41) is 20.0. The van der Waals surface area contributed by atoms with Crippen LogP contribution in [0.2, 0.25) is 0 Å². The second-order valence-electron chi connectivity index (χ2n) is 13.7. The first-order valence-corrected chi connectivity index (χ1v) is 21.3. The highest BCUT2D eigenvalue weighted by Gasteiger charge is 2.45. The van der Waals surface area contributed by atoms with Crippen molar-refractivity contribution in [2.45, 2.75) is 72.7 Å². The van der Waals surface area contributed by atoms with Gasteiger partial charge in [-0.1, -0.05) is 205 Å². The number of carbonyl (C=O) groups is 4. The molecule has 0 aliphatic carbocycles. The monoisotopic (exact) mass is 942 g/mol. The zero-order valence-corrected chi connectivity index (χ0v) is 37.6. The van der Waals surface area contributed by atoms with Gasteiger partial charge in [-0.05, 0) is 35.1 Å². The molecular formula is C44H48Cl6N2O8. The summed E-state index contributed by atoms with van der Waals surface area (Å²) in [6.07, 6.45) is 0.925. The number of nitrogens with zero attached hydrogens (tertiary/aromatic N) is 2. The highest BCUT2D eigenvalue weighted by atomic mass is 35.6. The second kappa shape index (κ2) is 25.4. The van der Waals surface area contributed by atoms with Gasteiger partial charge in [-0.3, -0.25) is 9.59 Å². The van der Waals surface area contributed by atoms with E-state index in [2.05, 4.69) is 0 Å². The van der Waals surface area contributed by atoms with Crippen LogP contribution >= 0.6 is 69.6 Å². The van der Waals surface area contributed by atoms with Crippen molar-refractivity contribution in [3.05, 3.63) is 144 Å². The van der Waals surface area contributed by atoms with E-state index < -0.39 is 55.3 Å². The largest absolute Gasteiger partial charge is 0.480 e. The Kier molecular flexibility index (Phi) is 21.5. The molecule has 0 aliphatic heterocycles. The lowest BCUT2D eigenvalue weighted by atomic mass is 9.95. The topological polar surface area (TPSA) is 134 Å². The number of hydrogen-bond acceptors (Lipinski definition) is 6. The summed E-state index contributed by atoms with van der Waals surface area (Å²) in [5.41, 5.74) is 3.40. The van der Waals surface area contributed by atoms with Gasteiger partial charge >= 0.3 is 11.9 Å². The molecule has 0 heterocycles. The summed E-state index contributed by atoms with van der Waals surface area (Å²) in [5.74, 6) is -5.11. The first-order chi connectivity index (χ1) is 28.5. The number of ether oxygens (including phenoxy) is 2. The number of benzene rings is 4. The van der Waals surface area contributed by atoms with Gasteiger partial charge in [-0.15, -0.1) is 0 Å². The fourth-order valence-electron chi connectivity index (χ4n) is 6.33. The van der Waals surface area contributed by atoms with Crippen LogP contribution in [-0.2, 0) is 55.0 Å². The van der Waals surface area contributed by atoms with Crippen LogP contribution in [0.4, 0.5) is 0 Å². The summed E-state index contributed by atoms with van der Waals surface area (Å²) in [6, 6.07) is 34.6. The molecule has 10 nitrogen and oxygen atoms in total. The van der Waals surface area contributed by atoms with Crippen molar-refractivity contribution >= 4 is 93.4 Å². The zero-order valence-electron chi connectivity index (χ0n) is 33.0. The van der Waals surface area contributed by atoms with E-state index in [0.717, 1.165) is 32.1 Å². The summed E-state index contributed by atoms with van der Waals surface area (Å²) >= 11 is 35.0. The van der Waals surface area contributed by atoms with Gasteiger partial charge in [0.25, 0.3) is 19.4 Å². The molecule has 4 atom stereocenters. The average molecular weight is 946 g/mol. The number of halogens is 6. The third-order valence-corrected chi connectivity index (χ3v) is 10.4. The Balaban J connectivity index is 0.000000320. The number of carboxylic acids is 2. The van der Waals surface area contributed by atoms with Crippen LogP contribution in [-0.4, -0.2) is 76.6 Å².